The molecule has 2 aliphatic heterocycles. The van der Waals surface area contributed by atoms with Crippen LogP contribution in [0.25, 0.3) is 0 Å². The summed E-state index contributed by atoms with van der Waals surface area (Å²) in [5, 5.41) is 0. The van der Waals surface area contributed by atoms with Gasteiger partial charge in [-0.3, -0.25) is 9.80 Å². The minimum absolute atomic E-state index is 0.445. The molecule has 1 aromatic rings. The second kappa shape index (κ2) is 5.17. The molecule has 1 aromatic carbocycles. The average Bonchev–Trinajstić information content (AvgIpc) is 2.75. The van der Waals surface area contributed by atoms with Crippen LogP contribution in [0, 0.1) is 11.6 Å². The molecule has 0 bridgehead atoms. The molecule has 0 aliphatic carbocycles. The summed E-state index contributed by atoms with van der Waals surface area (Å²) < 4.78 is 26.5. The number of halogens is 2. The lowest BCUT2D eigenvalue weighted by Gasteiger charge is -2.42. The lowest BCUT2D eigenvalue weighted by atomic mass is 10.1. The molecular weight excluding hydrogens is 246 g/mol. The van der Waals surface area contributed by atoms with Gasteiger partial charge in [0, 0.05) is 37.8 Å². The number of rotatable bonds is 2. The van der Waals surface area contributed by atoms with Gasteiger partial charge in [0.2, 0.25) is 0 Å². The maximum atomic E-state index is 13.2. The van der Waals surface area contributed by atoms with Crippen molar-refractivity contribution < 1.29 is 8.78 Å². The van der Waals surface area contributed by atoms with Gasteiger partial charge in [0.1, 0.15) is 11.6 Å². The van der Waals surface area contributed by atoms with E-state index in [9.17, 15) is 8.78 Å². The fourth-order valence-electron chi connectivity index (χ4n) is 3.40. The first kappa shape index (κ1) is 13.0. The molecule has 2 nitrogen and oxygen atoms in total. The van der Waals surface area contributed by atoms with Crippen LogP contribution in [0.2, 0.25) is 0 Å². The summed E-state index contributed by atoms with van der Waals surface area (Å²) in [5.74, 6) is -0.968. The third-order valence-corrected chi connectivity index (χ3v) is 4.37. The molecule has 2 aliphatic rings. The Morgan fingerprint density at radius 3 is 2.63 bits per heavy atom. The van der Waals surface area contributed by atoms with Crippen LogP contribution in [0.3, 0.4) is 0 Å². The summed E-state index contributed by atoms with van der Waals surface area (Å²) >= 11 is 0. The molecule has 0 spiro atoms. The van der Waals surface area contributed by atoms with E-state index in [-0.39, 0.29) is 0 Å². The predicted molar refractivity (Wildman–Crippen MR) is 70.8 cm³/mol. The summed E-state index contributed by atoms with van der Waals surface area (Å²) in [5.41, 5.74) is 0.732. The molecule has 0 saturated carbocycles. The van der Waals surface area contributed by atoms with Gasteiger partial charge in [-0.2, -0.15) is 0 Å². The van der Waals surface area contributed by atoms with Crippen LogP contribution in [0.5, 0.6) is 0 Å². The van der Waals surface area contributed by atoms with Gasteiger partial charge >= 0.3 is 0 Å². The summed E-state index contributed by atoms with van der Waals surface area (Å²) in [6.07, 6.45) is 2.53. The lowest BCUT2D eigenvalue weighted by molar-refractivity contribution is 0.0539. The molecule has 2 saturated heterocycles. The van der Waals surface area contributed by atoms with E-state index < -0.39 is 11.6 Å². The number of piperazine rings is 1. The third kappa shape index (κ3) is 2.79. The zero-order valence-electron chi connectivity index (χ0n) is 11.3. The largest absolute Gasteiger partial charge is 0.298 e. The molecule has 2 atom stereocenters. The maximum Gasteiger partial charge on any atom is 0.126 e. The van der Waals surface area contributed by atoms with E-state index in [0.717, 1.165) is 24.7 Å². The van der Waals surface area contributed by atoms with Crippen LogP contribution in [-0.4, -0.2) is 41.5 Å². The fraction of sp³-hybridized carbons (Fsp3) is 0.600. The number of hydrogen-bond acceptors (Lipinski definition) is 2. The first-order valence-electron chi connectivity index (χ1n) is 7.05. The molecule has 4 heteroatoms. The highest BCUT2D eigenvalue weighted by molar-refractivity contribution is 5.18. The molecule has 0 amide bonds. The first-order valence-corrected chi connectivity index (χ1v) is 7.05. The van der Waals surface area contributed by atoms with Crippen molar-refractivity contribution in [2.75, 3.05) is 19.6 Å². The summed E-state index contributed by atoms with van der Waals surface area (Å²) in [7, 11) is 0. The number of nitrogens with zero attached hydrogens (tertiary/aromatic N) is 2. The van der Waals surface area contributed by atoms with Crippen LogP contribution in [0.4, 0.5) is 8.78 Å². The van der Waals surface area contributed by atoms with Gasteiger partial charge in [-0.15, -0.1) is 0 Å². The van der Waals surface area contributed by atoms with Crippen molar-refractivity contribution in [3.63, 3.8) is 0 Å². The summed E-state index contributed by atoms with van der Waals surface area (Å²) in [6, 6.07) is 4.89. The van der Waals surface area contributed by atoms with Gasteiger partial charge in [-0.05, 0) is 44.0 Å². The molecule has 0 aromatic heterocycles. The van der Waals surface area contributed by atoms with Crippen LogP contribution >= 0.6 is 0 Å². The molecular formula is C15H20F2N2. The Kier molecular flexibility index (Phi) is 3.54. The van der Waals surface area contributed by atoms with Crippen molar-refractivity contribution in [2.45, 2.75) is 38.4 Å². The van der Waals surface area contributed by atoms with Crippen molar-refractivity contribution in [1.29, 1.82) is 0 Å². The average molecular weight is 266 g/mol. The molecule has 19 heavy (non-hydrogen) atoms. The Bertz CT molecular complexity index is 443. The van der Waals surface area contributed by atoms with Gasteiger partial charge in [0.25, 0.3) is 0 Å². The van der Waals surface area contributed by atoms with E-state index in [0.29, 0.717) is 18.6 Å². The predicted octanol–water partition coefficient (Wildman–Crippen LogP) is 2.63. The van der Waals surface area contributed by atoms with E-state index in [1.807, 2.05) is 0 Å². The SMILES string of the molecule is C[C@H]1CN2CCC[C@H]2CN1Cc1cc(F)cc(F)c1. The highest BCUT2D eigenvalue weighted by atomic mass is 19.1. The fourth-order valence-corrected chi connectivity index (χ4v) is 3.40. The van der Waals surface area contributed by atoms with Gasteiger partial charge < -0.3 is 0 Å². The number of fused-ring (bicyclic) bond motifs is 1. The van der Waals surface area contributed by atoms with Crippen molar-refractivity contribution in [3.05, 3.63) is 35.4 Å². The van der Waals surface area contributed by atoms with Gasteiger partial charge in [0.15, 0.2) is 0 Å². The van der Waals surface area contributed by atoms with Gasteiger partial charge in [-0.25, -0.2) is 8.78 Å². The minimum Gasteiger partial charge on any atom is -0.298 e. The van der Waals surface area contributed by atoms with E-state index in [1.54, 1.807) is 0 Å². The Hall–Kier alpha value is -1.00. The van der Waals surface area contributed by atoms with E-state index >= 15 is 0 Å². The molecule has 0 N–H and O–H groups in total. The third-order valence-electron chi connectivity index (χ3n) is 4.37. The van der Waals surface area contributed by atoms with E-state index in [2.05, 4.69) is 16.7 Å². The smallest absolute Gasteiger partial charge is 0.126 e. The van der Waals surface area contributed by atoms with Crippen LogP contribution in [-0.2, 0) is 6.54 Å². The minimum atomic E-state index is -0.484. The number of hydrogen-bond donors (Lipinski definition) is 0. The Morgan fingerprint density at radius 1 is 1.16 bits per heavy atom. The van der Waals surface area contributed by atoms with Crippen molar-refractivity contribution >= 4 is 0 Å². The second-order valence-electron chi connectivity index (χ2n) is 5.85. The topological polar surface area (TPSA) is 6.48 Å². The van der Waals surface area contributed by atoms with Gasteiger partial charge in [0.05, 0.1) is 0 Å². The lowest BCUT2D eigenvalue weighted by Crippen LogP contribution is -2.54. The van der Waals surface area contributed by atoms with Crippen molar-refractivity contribution in [1.82, 2.24) is 9.80 Å². The molecule has 2 heterocycles. The molecule has 3 rings (SSSR count). The molecule has 0 unspecified atom stereocenters. The maximum absolute atomic E-state index is 13.2. The number of benzene rings is 1. The van der Waals surface area contributed by atoms with Crippen LogP contribution < -0.4 is 0 Å². The van der Waals surface area contributed by atoms with Crippen molar-refractivity contribution in [2.24, 2.45) is 0 Å². The Labute approximate surface area is 113 Å². The molecule has 104 valence electrons. The summed E-state index contributed by atoms with van der Waals surface area (Å²) in [4.78, 5) is 4.90. The second-order valence-corrected chi connectivity index (χ2v) is 5.85. The zero-order chi connectivity index (χ0) is 13.4. The standard InChI is InChI=1S/C15H20F2N2/c1-11-8-18-4-2-3-15(18)10-19(11)9-12-5-13(16)7-14(17)6-12/h5-7,11,15H,2-4,8-10H2,1H3/t11-,15-/m0/s1. The quantitative estimate of drug-likeness (QED) is 0.812. The summed E-state index contributed by atoms with van der Waals surface area (Å²) in [6.45, 7) is 6.13. The first-order chi connectivity index (χ1) is 9.11. The zero-order valence-corrected chi connectivity index (χ0v) is 11.3. The van der Waals surface area contributed by atoms with Crippen molar-refractivity contribution in [3.8, 4) is 0 Å². The van der Waals surface area contributed by atoms with Crippen LogP contribution in [0.1, 0.15) is 25.3 Å². The van der Waals surface area contributed by atoms with E-state index in [1.165, 1.54) is 31.5 Å². The molecule has 0 radical (unpaired) electrons. The highest BCUT2D eigenvalue weighted by Crippen LogP contribution is 2.25. The van der Waals surface area contributed by atoms with E-state index in [4.69, 9.17) is 0 Å². The van der Waals surface area contributed by atoms with Crippen LogP contribution in [0.15, 0.2) is 18.2 Å². The normalized spacial score (nSPS) is 28.6. The monoisotopic (exact) mass is 266 g/mol. The highest BCUT2D eigenvalue weighted by Gasteiger charge is 2.34. The Balaban J connectivity index is 1.71. The molecule has 2 fully saturated rings. The Morgan fingerprint density at radius 2 is 1.89 bits per heavy atom. The van der Waals surface area contributed by atoms with Gasteiger partial charge in [-0.1, -0.05) is 0 Å².